The second-order valence-electron chi connectivity index (χ2n) is 7.87. The molecule has 2 aromatic rings. The summed E-state index contributed by atoms with van der Waals surface area (Å²) < 4.78 is 38.0. The first-order valence-electron chi connectivity index (χ1n) is 10.3. The van der Waals surface area contributed by atoms with E-state index in [1.54, 1.807) is 0 Å². The third kappa shape index (κ3) is 4.92. The maximum atomic E-state index is 13.1. The maximum Gasteiger partial charge on any atom is 0.255 e. The SMILES string of the molecule is COc1ccc(S(=O)(=O)N2CCOCC2)cc1C(=O)N[C@@H](C)c1cc(C)c(C)cc1C. The lowest BCUT2D eigenvalue weighted by Crippen LogP contribution is -2.40. The quantitative estimate of drug-likeness (QED) is 0.737. The summed E-state index contributed by atoms with van der Waals surface area (Å²) in [5.41, 5.74) is 4.64. The van der Waals surface area contributed by atoms with Gasteiger partial charge in [0.1, 0.15) is 5.75 Å². The second kappa shape index (κ2) is 9.38. The minimum atomic E-state index is -3.72. The minimum absolute atomic E-state index is 0.0652. The highest BCUT2D eigenvalue weighted by Gasteiger charge is 2.28. The molecule has 0 radical (unpaired) electrons. The number of methoxy groups -OCH3 is 1. The normalized spacial score (nSPS) is 16.0. The van der Waals surface area contributed by atoms with Crippen molar-refractivity contribution >= 4 is 15.9 Å². The molecule has 1 N–H and O–H groups in total. The van der Waals surface area contributed by atoms with Crippen molar-refractivity contribution in [2.24, 2.45) is 0 Å². The lowest BCUT2D eigenvalue weighted by Gasteiger charge is -2.26. The summed E-state index contributed by atoms with van der Waals surface area (Å²) in [5.74, 6) is -0.0663. The molecule has 1 aliphatic rings. The molecule has 3 rings (SSSR count). The molecule has 0 spiro atoms. The number of morpholine rings is 1. The van der Waals surface area contributed by atoms with E-state index in [0.29, 0.717) is 32.1 Å². The number of nitrogens with one attached hydrogen (secondary N) is 1. The molecule has 1 saturated heterocycles. The number of sulfonamides is 1. The van der Waals surface area contributed by atoms with E-state index in [2.05, 4.69) is 24.4 Å². The van der Waals surface area contributed by atoms with Gasteiger partial charge in [0.25, 0.3) is 5.91 Å². The smallest absolute Gasteiger partial charge is 0.255 e. The van der Waals surface area contributed by atoms with Gasteiger partial charge in [-0.1, -0.05) is 12.1 Å². The van der Waals surface area contributed by atoms with Crippen LogP contribution in [0.5, 0.6) is 5.75 Å². The molecule has 0 aliphatic carbocycles. The van der Waals surface area contributed by atoms with Crippen LogP contribution < -0.4 is 10.1 Å². The molecule has 7 nitrogen and oxygen atoms in total. The van der Waals surface area contributed by atoms with Gasteiger partial charge in [0.15, 0.2) is 0 Å². The third-order valence-corrected chi connectivity index (χ3v) is 7.61. The number of carbonyl (C=O) groups excluding carboxylic acids is 1. The van der Waals surface area contributed by atoms with E-state index >= 15 is 0 Å². The molecular formula is C23H30N2O5S. The summed E-state index contributed by atoms with van der Waals surface area (Å²) >= 11 is 0. The highest BCUT2D eigenvalue weighted by Crippen LogP contribution is 2.27. The predicted molar refractivity (Wildman–Crippen MR) is 119 cm³/mol. The highest BCUT2D eigenvalue weighted by atomic mass is 32.2. The van der Waals surface area contributed by atoms with Crippen molar-refractivity contribution in [2.75, 3.05) is 33.4 Å². The zero-order chi connectivity index (χ0) is 22.8. The molecule has 2 aromatic carbocycles. The fourth-order valence-electron chi connectivity index (χ4n) is 3.76. The van der Waals surface area contributed by atoms with E-state index in [1.807, 2.05) is 20.8 Å². The molecule has 0 unspecified atom stereocenters. The van der Waals surface area contributed by atoms with Gasteiger partial charge in [0.05, 0.1) is 36.8 Å². The van der Waals surface area contributed by atoms with Gasteiger partial charge < -0.3 is 14.8 Å². The monoisotopic (exact) mass is 446 g/mol. The number of rotatable bonds is 6. The average Bonchev–Trinajstić information content (AvgIpc) is 2.76. The topological polar surface area (TPSA) is 84.9 Å². The second-order valence-corrected chi connectivity index (χ2v) is 9.80. The fourth-order valence-corrected chi connectivity index (χ4v) is 5.20. The molecule has 1 fully saturated rings. The van der Waals surface area contributed by atoms with Gasteiger partial charge in [-0.2, -0.15) is 4.31 Å². The third-order valence-electron chi connectivity index (χ3n) is 5.72. The molecule has 1 amide bonds. The van der Waals surface area contributed by atoms with E-state index in [9.17, 15) is 13.2 Å². The van der Waals surface area contributed by atoms with Crippen LogP contribution >= 0.6 is 0 Å². The van der Waals surface area contributed by atoms with Crippen LogP contribution in [-0.2, 0) is 14.8 Å². The molecule has 0 bridgehead atoms. The molecule has 1 aliphatic heterocycles. The van der Waals surface area contributed by atoms with Crippen molar-refractivity contribution < 1.29 is 22.7 Å². The van der Waals surface area contributed by atoms with Crippen LogP contribution in [0.2, 0.25) is 0 Å². The summed E-state index contributed by atoms with van der Waals surface area (Å²) in [6.45, 7) is 9.32. The number of hydrogen-bond donors (Lipinski definition) is 1. The summed E-state index contributed by atoms with van der Waals surface area (Å²) in [7, 11) is -2.27. The molecule has 8 heteroatoms. The van der Waals surface area contributed by atoms with Crippen LogP contribution in [0.25, 0.3) is 0 Å². The van der Waals surface area contributed by atoms with Gasteiger partial charge in [0, 0.05) is 13.1 Å². The fraction of sp³-hybridized carbons (Fsp3) is 0.435. The van der Waals surface area contributed by atoms with Gasteiger partial charge in [-0.15, -0.1) is 0 Å². The zero-order valence-corrected chi connectivity index (χ0v) is 19.5. The van der Waals surface area contributed by atoms with Crippen molar-refractivity contribution in [1.82, 2.24) is 9.62 Å². The highest BCUT2D eigenvalue weighted by molar-refractivity contribution is 7.89. The van der Waals surface area contributed by atoms with Gasteiger partial charge in [-0.25, -0.2) is 8.42 Å². The van der Waals surface area contributed by atoms with E-state index in [0.717, 1.165) is 16.7 Å². The minimum Gasteiger partial charge on any atom is -0.496 e. The van der Waals surface area contributed by atoms with E-state index < -0.39 is 10.0 Å². The van der Waals surface area contributed by atoms with E-state index in [4.69, 9.17) is 9.47 Å². The van der Waals surface area contributed by atoms with Crippen molar-refractivity contribution in [3.8, 4) is 5.75 Å². The van der Waals surface area contributed by atoms with Crippen molar-refractivity contribution in [1.29, 1.82) is 0 Å². The number of nitrogens with zero attached hydrogens (tertiary/aromatic N) is 1. The Balaban J connectivity index is 1.90. The Hall–Kier alpha value is -2.42. The Labute approximate surface area is 184 Å². The molecular weight excluding hydrogens is 416 g/mol. The van der Waals surface area contributed by atoms with Gasteiger partial charge in [-0.3, -0.25) is 4.79 Å². The Morgan fingerprint density at radius 3 is 2.35 bits per heavy atom. The number of aryl methyl sites for hydroxylation is 3. The maximum absolute atomic E-state index is 13.1. The largest absolute Gasteiger partial charge is 0.496 e. The number of amides is 1. The van der Waals surface area contributed by atoms with Crippen LogP contribution in [0.15, 0.2) is 35.2 Å². The first kappa shape index (κ1) is 23.2. The van der Waals surface area contributed by atoms with Gasteiger partial charge in [0.2, 0.25) is 10.0 Å². The molecule has 31 heavy (non-hydrogen) atoms. The molecule has 168 valence electrons. The Morgan fingerprint density at radius 1 is 1.06 bits per heavy atom. The van der Waals surface area contributed by atoms with Crippen LogP contribution in [0.3, 0.4) is 0 Å². The molecule has 1 heterocycles. The lowest BCUT2D eigenvalue weighted by molar-refractivity contribution is 0.0730. The van der Waals surface area contributed by atoms with Crippen LogP contribution in [0.1, 0.15) is 45.6 Å². The van der Waals surface area contributed by atoms with E-state index in [-0.39, 0.29) is 22.4 Å². The molecule has 1 atom stereocenters. The first-order valence-corrected chi connectivity index (χ1v) is 11.7. The van der Waals surface area contributed by atoms with Crippen LogP contribution in [0, 0.1) is 20.8 Å². The average molecular weight is 447 g/mol. The Kier molecular flexibility index (Phi) is 7.03. The number of hydrogen-bond acceptors (Lipinski definition) is 5. The zero-order valence-electron chi connectivity index (χ0n) is 18.7. The summed E-state index contributed by atoms with van der Waals surface area (Å²) in [6.07, 6.45) is 0. The number of carbonyl (C=O) groups is 1. The van der Waals surface area contributed by atoms with Crippen molar-refractivity contribution in [3.05, 3.63) is 58.1 Å². The summed E-state index contributed by atoms with van der Waals surface area (Å²) in [4.78, 5) is 13.2. The van der Waals surface area contributed by atoms with Crippen LogP contribution in [-0.4, -0.2) is 52.0 Å². The Morgan fingerprint density at radius 2 is 1.71 bits per heavy atom. The van der Waals surface area contributed by atoms with Crippen LogP contribution in [0.4, 0.5) is 0 Å². The Bertz CT molecular complexity index is 1080. The molecule has 0 aromatic heterocycles. The number of ether oxygens (including phenoxy) is 2. The molecule has 0 saturated carbocycles. The first-order chi connectivity index (χ1) is 14.6. The van der Waals surface area contributed by atoms with Crippen molar-refractivity contribution in [2.45, 2.75) is 38.6 Å². The summed E-state index contributed by atoms with van der Waals surface area (Å²) in [6, 6.07) is 8.30. The van der Waals surface area contributed by atoms with Gasteiger partial charge >= 0.3 is 0 Å². The standard InChI is InChI=1S/C23H30N2O5S/c1-15-12-17(3)20(13-16(15)2)18(4)24-23(26)21-14-19(6-7-22(21)29-5)31(27,28)25-8-10-30-11-9-25/h6-7,12-14,18H,8-11H2,1-5H3,(H,24,26)/t18-/m0/s1. The number of benzene rings is 2. The van der Waals surface area contributed by atoms with Crippen molar-refractivity contribution in [3.63, 3.8) is 0 Å². The van der Waals surface area contributed by atoms with E-state index in [1.165, 1.54) is 35.2 Å². The predicted octanol–water partition coefficient (Wildman–Crippen LogP) is 3.13. The van der Waals surface area contributed by atoms with Gasteiger partial charge in [-0.05, 0) is 68.1 Å². The summed E-state index contributed by atoms with van der Waals surface area (Å²) in [5, 5.41) is 2.99. The lowest BCUT2D eigenvalue weighted by atomic mass is 9.96.